The van der Waals surface area contributed by atoms with Crippen molar-refractivity contribution in [1.82, 2.24) is 19.6 Å². The smallest absolute Gasteiger partial charge is 0.239 e. The van der Waals surface area contributed by atoms with Crippen LogP contribution in [0.3, 0.4) is 0 Å². The number of nitrogens with one attached hydrogen (secondary N) is 1. The van der Waals surface area contributed by atoms with E-state index >= 15 is 0 Å². The molecule has 0 saturated carbocycles. The van der Waals surface area contributed by atoms with Crippen LogP contribution >= 0.6 is 0 Å². The number of aryl methyl sites for hydroxylation is 1. The van der Waals surface area contributed by atoms with Crippen molar-refractivity contribution in [2.45, 2.75) is 13.0 Å². The summed E-state index contributed by atoms with van der Waals surface area (Å²) < 4.78 is 7.03. The quantitative estimate of drug-likeness (QED) is 0.801. The van der Waals surface area contributed by atoms with Gasteiger partial charge in [0.15, 0.2) is 5.82 Å². The molecule has 0 aromatic carbocycles. The van der Waals surface area contributed by atoms with Crippen LogP contribution in [-0.2, 0) is 16.6 Å². The van der Waals surface area contributed by atoms with Gasteiger partial charge < -0.3 is 10.1 Å². The van der Waals surface area contributed by atoms with E-state index in [1.165, 1.54) is 0 Å². The van der Waals surface area contributed by atoms with Crippen molar-refractivity contribution in [3.05, 3.63) is 12.3 Å². The largest absolute Gasteiger partial charge is 0.379 e. The second-order valence-corrected chi connectivity index (χ2v) is 5.62. The lowest BCUT2D eigenvalue weighted by Crippen LogP contribution is -2.47. The minimum absolute atomic E-state index is 0.0367. The lowest BCUT2D eigenvalue weighted by atomic mass is 10.2. The van der Waals surface area contributed by atoms with E-state index in [2.05, 4.69) is 22.2 Å². The molecular formula is C14H25N5O2. The number of amides is 1. The zero-order chi connectivity index (χ0) is 15.2. The topological polar surface area (TPSA) is 62.6 Å². The van der Waals surface area contributed by atoms with Gasteiger partial charge in [0.2, 0.25) is 5.91 Å². The van der Waals surface area contributed by atoms with Gasteiger partial charge in [-0.05, 0) is 14.0 Å². The van der Waals surface area contributed by atoms with Gasteiger partial charge in [0.25, 0.3) is 0 Å². The molecule has 0 aliphatic carbocycles. The van der Waals surface area contributed by atoms with Gasteiger partial charge in [0.05, 0.1) is 19.8 Å². The SMILES string of the molecule is C[C@H](CN(C)CC(=O)Nc1ccn(C)n1)N1CCOCC1. The Hall–Kier alpha value is -1.44. The van der Waals surface area contributed by atoms with Gasteiger partial charge in [0, 0.05) is 45.0 Å². The Balaban J connectivity index is 1.72. The Kier molecular flexibility index (Phi) is 5.72. The van der Waals surface area contributed by atoms with E-state index in [0.29, 0.717) is 18.4 Å². The van der Waals surface area contributed by atoms with Crippen LogP contribution in [0.15, 0.2) is 12.3 Å². The maximum Gasteiger partial charge on any atom is 0.239 e. The first-order chi connectivity index (χ1) is 10.0. The third kappa shape index (κ3) is 5.11. The van der Waals surface area contributed by atoms with E-state index in [-0.39, 0.29) is 5.91 Å². The van der Waals surface area contributed by atoms with E-state index in [0.717, 1.165) is 32.8 Å². The maximum atomic E-state index is 12.0. The Morgan fingerprint density at radius 2 is 2.24 bits per heavy atom. The van der Waals surface area contributed by atoms with Crippen LogP contribution < -0.4 is 5.32 Å². The van der Waals surface area contributed by atoms with Crippen molar-refractivity contribution in [3.63, 3.8) is 0 Å². The second kappa shape index (κ2) is 7.53. The average molecular weight is 295 g/mol. The number of likely N-dealkylation sites (N-methyl/N-ethyl adjacent to an activating group) is 1. The highest BCUT2D eigenvalue weighted by Gasteiger charge is 2.19. The molecular weight excluding hydrogens is 270 g/mol. The van der Waals surface area contributed by atoms with Gasteiger partial charge in [-0.15, -0.1) is 0 Å². The zero-order valence-electron chi connectivity index (χ0n) is 13.1. The summed E-state index contributed by atoms with van der Waals surface area (Å²) in [7, 11) is 3.79. The molecule has 7 heteroatoms. The molecule has 2 heterocycles. The number of carbonyl (C=O) groups excluding carboxylic acids is 1. The van der Waals surface area contributed by atoms with Crippen molar-refractivity contribution < 1.29 is 9.53 Å². The van der Waals surface area contributed by atoms with Crippen LogP contribution in [-0.4, -0.2) is 78.0 Å². The molecule has 0 bridgehead atoms. The first kappa shape index (κ1) is 15.9. The normalized spacial score (nSPS) is 17.9. The molecule has 1 fully saturated rings. The monoisotopic (exact) mass is 295 g/mol. The number of hydrogen-bond donors (Lipinski definition) is 1. The molecule has 0 unspecified atom stereocenters. The van der Waals surface area contributed by atoms with Crippen LogP contribution in [0.5, 0.6) is 0 Å². The fraction of sp³-hybridized carbons (Fsp3) is 0.714. The minimum Gasteiger partial charge on any atom is -0.379 e. The zero-order valence-corrected chi connectivity index (χ0v) is 13.1. The number of rotatable bonds is 6. The Morgan fingerprint density at radius 1 is 1.52 bits per heavy atom. The first-order valence-corrected chi connectivity index (χ1v) is 7.34. The lowest BCUT2D eigenvalue weighted by molar-refractivity contribution is -0.117. The van der Waals surface area contributed by atoms with Crippen molar-refractivity contribution in [1.29, 1.82) is 0 Å². The molecule has 1 amide bonds. The van der Waals surface area contributed by atoms with E-state index in [1.807, 2.05) is 19.0 Å². The minimum atomic E-state index is -0.0367. The fourth-order valence-electron chi connectivity index (χ4n) is 2.56. The van der Waals surface area contributed by atoms with Crippen LogP contribution in [0.25, 0.3) is 0 Å². The predicted molar refractivity (Wildman–Crippen MR) is 81.2 cm³/mol. The molecule has 1 saturated heterocycles. The van der Waals surface area contributed by atoms with Gasteiger partial charge in [-0.25, -0.2) is 0 Å². The molecule has 1 aliphatic heterocycles. The van der Waals surface area contributed by atoms with Crippen molar-refractivity contribution in [3.8, 4) is 0 Å². The van der Waals surface area contributed by atoms with E-state index in [1.54, 1.807) is 16.9 Å². The summed E-state index contributed by atoms with van der Waals surface area (Å²) in [6.45, 7) is 6.95. The molecule has 1 atom stereocenters. The van der Waals surface area contributed by atoms with E-state index in [9.17, 15) is 4.79 Å². The average Bonchev–Trinajstić information content (AvgIpc) is 2.84. The molecule has 0 radical (unpaired) electrons. The standard InChI is InChI=1S/C14H25N5O2/c1-12(19-6-8-21-9-7-19)10-17(2)11-14(20)15-13-4-5-18(3)16-13/h4-5,12H,6-11H2,1-3H3,(H,15,16,20)/t12-/m1/s1. The summed E-state index contributed by atoms with van der Waals surface area (Å²) in [4.78, 5) is 16.4. The number of carbonyl (C=O) groups is 1. The van der Waals surface area contributed by atoms with Gasteiger partial charge >= 0.3 is 0 Å². The molecule has 21 heavy (non-hydrogen) atoms. The number of ether oxygens (including phenoxy) is 1. The number of anilines is 1. The van der Waals surface area contributed by atoms with Crippen molar-refractivity contribution >= 4 is 11.7 Å². The highest BCUT2D eigenvalue weighted by molar-refractivity contribution is 5.91. The van der Waals surface area contributed by atoms with Gasteiger partial charge in [-0.2, -0.15) is 5.10 Å². The third-order valence-corrected chi connectivity index (χ3v) is 3.64. The number of aromatic nitrogens is 2. The van der Waals surface area contributed by atoms with E-state index in [4.69, 9.17) is 4.74 Å². The second-order valence-electron chi connectivity index (χ2n) is 5.62. The van der Waals surface area contributed by atoms with Gasteiger partial charge in [0.1, 0.15) is 0 Å². The molecule has 1 aromatic rings. The van der Waals surface area contributed by atoms with Gasteiger partial charge in [-0.3, -0.25) is 19.3 Å². The highest BCUT2D eigenvalue weighted by atomic mass is 16.5. The van der Waals surface area contributed by atoms with Crippen molar-refractivity contribution in [2.75, 3.05) is 51.8 Å². The van der Waals surface area contributed by atoms with Crippen LogP contribution in [0.1, 0.15) is 6.92 Å². The van der Waals surface area contributed by atoms with Crippen LogP contribution in [0, 0.1) is 0 Å². The molecule has 118 valence electrons. The van der Waals surface area contributed by atoms with Crippen LogP contribution in [0.2, 0.25) is 0 Å². The summed E-state index contributed by atoms with van der Waals surface area (Å²) in [5, 5.41) is 6.94. The molecule has 7 nitrogen and oxygen atoms in total. The number of nitrogens with zero attached hydrogens (tertiary/aromatic N) is 4. The molecule has 1 N–H and O–H groups in total. The molecule has 0 spiro atoms. The Morgan fingerprint density at radius 3 is 2.86 bits per heavy atom. The lowest BCUT2D eigenvalue weighted by Gasteiger charge is -2.34. The van der Waals surface area contributed by atoms with Crippen molar-refractivity contribution in [2.24, 2.45) is 7.05 Å². The number of hydrogen-bond acceptors (Lipinski definition) is 5. The van der Waals surface area contributed by atoms with E-state index < -0.39 is 0 Å². The Labute approximate surface area is 125 Å². The fourth-order valence-corrected chi connectivity index (χ4v) is 2.56. The summed E-state index contributed by atoms with van der Waals surface area (Å²) in [5.41, 5.74) is 0. The summed E-state index contributed by atoms with van der Waals surface area (Å²) in [5.74, 6) is 0.558. The third-order valence-electron chi connectivity index (χ3n) is 3.64. The van der Waals surface area contributed by atoms with Gasteiger partial charge in [-0.1, -0.05) is 0 Å². The first-order valence-electron chi connectivity index (χ1n) is 7.34. The number of morpholine rings is 1. The molecule has 1 aromatic heterocycles. The predicted octanol–water partition coefficient (Wildman–Crippen LogP) is 0.0111. The molecule has 2 rings (SSSR count). The summed E-state index contributed by atoms with van der Waals surface area (Å²) in [6, 6.07) is 2.20. The maximum absolute atomic E-state index is 12.0. The summed E-state index contributed by atoms with van der Waals surface area (Å²) >= 11 is 0. The summed E-state index contributed by atoms with van der Waals surface area (Å²) in [6.07, 6.45) is 1.81. The Bertz CT molecular complexity index is 456. The molecule has 1 aliphatic rings. The van der Waals surface area contributed by atoms with Crippen LogP contribution in [0.4, 0.5) is 5.82 Å². The highest BCUT2D eigenvalue weighted by Crippen LogP contribution is 2.05.